The summed E-state index contributed by atoms with van der Waals surface area (Å²) in [5.74, 6) is 0. The number of aliphatic hydroxyl groups is 1. The van der Waals surface area contributed by atoms with Crippen LogP contribution in [0, 0.1) is 0 Å². The molecule has 3 N–H and O–H groups in total. The molecule has 0 radical (unpaired) electrons. The Morgan fingerprint density at radius 1 is 1.32 bits per heavy atom. The Bertz CT molecular complexity index is 431. The molecule has 2 atom stereocenters. The van der Waals surface area contributed by atoms with Gasteiger partial charge in [-0.1, -0.05) is 6.42 Å². The first-order chi connectivity index (χ1) is 10.6. The van der Waals surface area contributed by atoms with Gasteiger partial charge in [-0.15, -0.1) is 0 Å². The van der Waals surface area contributed by atoms with E-state index in [0.29, 0.717) is 13.1 Å². The average Bonchev–Trinajstić information content (AvgIpc) is 2.99. The molecule has 1 fully saturated rings. The van der Waals surface area contributed by atoms with E-state index in [9.17, 15) is 9.90 Å². The van der Waals surface area contributed by atoms with E-state index >= 15 is 0 Å². The smallest absolute Gasteiger partial charge is 0.315 e. The maximum absolute atomic E-state index is 11.8. The number of hydrogen-bond donors (Lipinski definition) is 3. The predicted molar refractivity (Wildman–Crippen MR) is 84.5 cm³/mol. The molecule has 7 heteroatoms. The van der Waals surface area contributed by atoms with Crippen LogP contribution in [0.3, 0.4) is 0 Å². The average molecular weight is 309 g/mol. The fraction of sp³-hybridized carbons (Fsp3) is 0.733. The van der Waals surface area contributed by atoms with Crippen LogP contribution in [0.4, 0.5) is 4.79 Å². The molecule has 0 spiro atoms. The van der Waals surface area contributed by atoms with Gasteiger partial charge in [0.25, 0.3) is 0 Å². The molecular weight excluding hydrogens is 282 g/mol. The maximum Gasteiger partial charge on any atom is 0.315 e. The number of imidazole rings is 1. The van der Waals surface area contributed by atoms with E-state index in [1.807, 2.05) is 17.7 Å². The van der Waals surface area contributed by atoms with E-state index in [1.165, 1.54) is 19.3 Å². The lowest BCUT2D eigenvalue weighted by Gasteiger charge is -2.28. The molecule has 2 amide bonds. The van der Waals surface area contributed by atoms with Gasteiger partial charge >= 0.3 is 6.03 Å². The van der Waals surface area contributed by atoms with E-state index < -0.39 is 6.10 Å². The van der Waals surface area contributed by atoms with Gasteiger partial charge in [-0.05, 0) is 32.9 Å². The standard InChI is InChI=1S/C15H27N5O2/c1-13(10-20-8-5-16-12-20)18-15(22)17-9-14(21)11-19-6-3-2-4-7-19/h5,8,12-14,21H,2-4,6-7,9-11H2,1H3,(H2,17,18,22)/t13-,14+/m0/s1. The second kappa shape index (κ2) is 8.75. The van der Waals surface area contributed by atoms with E-state index in [4.69, 9.17) is 0 Å². The Morgan fingerprint density at radius 2 is 2.09 bits per heavy atom. The number of likely N-dealkylation sites (tertiary alicyclic amines) is 1. The van der Waals surface area contributed by atoms with Gasteiger partial charge in [0, 0.05) is 38.1 Å². The lowest BCUT2D eigenvalue weighted by atomic mass is 10.1. The van der Waals surface area contributed by atoms with E-state index in [0.717, 1.165) is 13.1 Å². The zero-order valence-electron chi connectivity index (χ0n) is 13.2. The number of nitrogens with zero attached hydrogens (tertiary/aromatic N) is 3. The fourth-order valence-electron chi connectivity index (χ4n) is 2.75. The molecule has 0 aromatic carbocycles. The highest BCUT2D eigenvalue weighted by Gasteiger charge is 2.15. The minimum Gasteiger partial charge on any atom is -0.390 e. The minimum absolute atomic E-state index is 0.00608. The SMILES string of the molecule is C[C@@H](Cn1ccnc1)NC(=O)NC[C@@H](O)CN1CCCCC1. The quantitative estimate of drug-likeness (QED) is 0.682. The molecule has 1 aliphatic heterocycles. The van der Waals surface area contributed by atoms with Crippen molar-refractivity contribution in [1.82, 2.24) is 25.1 Å². The number of β-amino-alcohol motifs (C(OH)–C–C–N with tert-alkyl or cyclic N) is 1. The molecule has 0 saturated carbocycles. The number of carbonyl (C=O) groups excluding carboxylic acids is 1. The van der Waals surface area contributed by atoms with Gasteiger partial charge in [-0.25, -0.2) is 9.78 Å². The largest absolute Gasteiger partial charge is 0.390 e. The van der Waals surface area contributed by atoms with Crippen molar-refractivity contribution in [2.24, 2.45) is 0 Å². The molecule has 1 saturated heterocycles. The second-order valence-corrected chi connectivity index (χ2v) is 6.03. The molecule has 0 aliphatic carbocycles. The van der Waals surface area contributed by atoms with E-state index in [2.05, 4.69) is 20.5 Å². The molecule has 7 nitrogen and oxygen atoms in total. The molecule has 2 rings (SSSR count). The Balaban J connectivity index is 1.59. The maximum atomic E-state index is 11.8. The van der Waals surface area contributed by atoms with Crippen LogP contribution in [-0.4, -0.2) is 63.9 Å². The van der Waals surface area contributed by atoms with Crippen molar-refractivity contribution in [3.05, 3.63) is 18.7 Å². The third kappa shape index (κ3) is 6.03. The van der Waals surface area contributed by atoms with Gasteiger partial charge in [-0.3, -0.25) is 0 Å². The summed E-state index contributed by atoms with van der Waals surface area (Å²) < 4.78 is 1.91. The summed E-state index contributed by atoms with van der Waals surface area (Å²) in [6.07, 6.45) is 8.45. The minimum atomic E-state index is -0.521. The lowest BCUT2D eigenvalue weighted by Crippen LogP contribution is -2.47. The first-order valence-electron chi connectivity index (χ1n) is 8.04. The predicted octanol–water partition coefficient (Wildman–Crippen LogP) is 0.418. The first kappa shape index (κ1) is 16.8. The molecule has 1 aromatic rings. The molecule has 124 valence electrons. The van der Waals surface area contributed by atoms with Gasteiger partial charge in [0.05, 0.1) is 12.4 Å². The highest BCUT2D eigenvalue weighted by molar-refractivity contribution is 5.74. The Labute approximate surface area is 131 Å². The fourth-order valence-corrected chi connectivity index (χ4v) is 2.75. The van der Waals surface area contributed by atoms with Crippen LogP contribution in [0.15, 0.2) is 18.7 Å². The topological polar surface area (TPSA) is 82.4 Å². The molecule has 1 aliphatic rings. The summed E-state index contributed by atoms with van der Waals surface area (Å²) in [4.78, 5) is 18.0. The number of piperidine rings is 1. The van der Waals surface area contributed by atoms with E-state index in [-0.39, 0.29) is 18.6 Å². The Morgan fingerprint density at radius 3 is 2.77 bits per heavy atom. The van der Waals surface area contributed by atoms with Crippen LogP contribution >= 0.6 is 0 Å². The van der Waals surface area contributed by atoms with Crippen molar-refractivity contribution in [3.63, 3.8) is 0 Å². The Hall–Kier alpha value is -1.60. The number of amides is 2. The van der Waals surface area contributed by atoms with E-state index in [1.54, 1.807) is 12.5 Å². The van der Waals surface area contributed by atoms with Gasteiger partial charge < -0.3 is 25.2 Å². The van der Waals surface area contributed by atoms with Crippen LogP contribution in [0.2, 0.25) is 0 Å². The zero-order chi connectivity index (χ0) is 15.8. The first-order valence-corrected chi connectivity index (χ1v) is 8.04. The number of aromatic nitrogens is 2. The third-order valence-electron chi connectivity index (χ3n) is 3.84. The number of nitrogens with one attached hydrogen (secondary N) is 2. The molecule has 0 unspecified atom stereocenters. The van der Waals surface area contributed by atoms with Crippen molar-refractivity contribution in [1.29, 1.82) is 0 Å². The van der Waals surface area contributed by atoms with Crippen LogP contribution in [-0.2, 0) is 6.54 Å². The van der Waals surface area contributed by atoms with Crippen molar-refractivity contribution < 1.29 is 9.90 Å². The number of aliphatic hydroxyl groups excluding tert-OH is 1. The second-order valence-electron chi connectivity index (χ2n) is 6.03. The van der Waals surface area contributed by atoms with Crippen molar-refractivity contribution in [2.45, 2.75) is 44.9 Å². The Kier molecular flexibility index (Phi) is 6.67. The summed E-state index contributed by atoms with van der Waals surface area (Å²) in [6.45, 7) is 5.61. The highest BCUT2D eigenvalue weighted by atomic mass is 16.3. The monoisotopic (exact) mass is 309 g/mol. The summed E-state index contributed by atoms with van der Waals surface area (Å²) in [5.41, 5.74) is 0. The van der Waals surface area contributed by atoms with Crippen molar-refractivity contribution in [3.8, 4) is 0 Å². The number of hydrogen-bond acceptors (Lipinski definition) is 4. The van der Waals surface area contributed by atoms with Crippen LogP contribution in [0.1, 0.15) is 26.2 Å². The molecule has 0 bridgehead atoms. The van der Waals surface area contributed by atoms with Gasteiger partial charge in [0.2, 0.25) is 0 Å². The summed E-state index contributed by atoms with van der Waals surface area (Å²) in [6, 6.07) is -0.251. The summed E-state index contributed by atoms with van der Waals surface area (Å²) in [5, 5.41) is 15.6. The third-order valence-corrected chi connectivity index (χ3v) is 3.84. The summed E-state index contributed by atoms with van der Waals surface area (Å²) >= 11 is 0. The number of rotatable bonds is 7. The van der Waals surface area contributed by atoms with Gasteiger partial charge in [-0.2, -0.15) is 0 Å². The molecular formula is C15H27N5O2. The van der Waals surface area contributed by atoms with Crippen LogP contribution < -0.4 is 10.6 Å². The normalized spacial score (nSPS) is 18.6. The lowest BCUT2D eigenvalue weighted by molar-refractivity contribution is 0.101. The summed E-state index contributed by atoms with van der Waals surface area (Å²) in [7, 11) is 0. The molecule has 22 heavy (non-hydrogen) atoms. The molecule has 2 heterocycles. The van der Waals surface area contributed by atoms with Crippen LogP contribution in [0.25, 0.3) is 0 Å². The number of carbonyl (C=O) groups is 1. The van der Waals surface area contributed by atoms with Crippen molar-refractivity contribution in [2.75, 3.05) is 26.2 Å². The van der Waals surface area contributed by atoms with Gasteiger partial charge in [0.1, 0.15) is 0 Å². The zero-order valence-corrected chi connectivity index (χ0v) is 13.2. The van der Waals surface area contributed by atoms with Crippen LogP contribution in [0.5, 0.6) is 0 Å². The number of urea groups is 1. The van der Waals surface area contributed by atoms with Gasteiger partial charge in [0.15, 0.2) is 0 Å². The highest BCUT2D eigenvalue weighted by Crippen LogP contribution is 2.08. The molecule has 1 aromatic heterocycles. The van der Waals surface area contributed by atoms with Crippen molar-refractivity contribution >= 4 is 6.03 Å².